The average molecular weight is 518 g/mol. The van der Waals surface area contributed by atoms with Gasteiger partial charge in [-0.3, -0.25) is 5.10 Å². The van der Waals surface area contributed by atoms with Crippen molar-refractivity contribution in [2.24, 2.45) is 0 Å². The molecule has 2 aromatic heterocycles. The molecule has 0 aromatic carbocycles. The molecule has 0 saturated carbocycles. The van der Waals surface area contributed by atoms with Crippen molar-refractivity contribution in [1.29, 1.82) is 0 Å². The number of aryl methyl sites for hydroxylation is 1. The van der Waals surface area contributed by atoms with Gasteiger partial charge in [-0.15, -0.1) is 0 Å². The van der Waals surface area contributed by atoms with E-state index in [2.05, 4.69) is 30.8 Å². The number of hydrogen-bond acceptors (Lipinski definition) is 9. The molecular weight excluding hydrogens is 481 g/mol. The highest BCUT2D eigenvalue weighted by molar-refractivity contribution is 5.88. The third-order valence-electron chi connectivity index (χ3n) is 6.45. The third-order valence-corrected chi connectivity index (χ3v) is 6.45. The van der Waals surface area contributed by atoms with E-state index in [1.54, 1.807) is 13.0 Å². The van der Waals surface area contributed by atoms with Crippen molar-refractivity contribution in [1.82, 2.24) is 30.4 Å². The zero-order valence-electron chi connectivity index (χ0n) is 22.1. The van der Waals surface area contributed by atoms with Crippen LogP contribution >= 0.6 is 0 Å². The molecule has 12 heteroatoms. The SMILES string of the molecule is CCOC(=O)c1nc(CNC2CC3CCCC(C2)N3C(=O)OC(C)(C)C)nc(Nc2cc(C)[nH]n2)c1F. The molecule has 37 heavy (non-hydrogen) atoms. The number of piperidine rings is 2. The van der Waals surface area contributed by atoms with E-state index in [4.69, 9.17) is 9.47 Å². The second kappa shape index (κ2) is 11.0. The number of carbonyl (C=O) groups excluding carboxylic acids is 2. The van der Waals surface area contributed by atoms with Gasteiger partial charge < -0.3 is 25.0 Å². The van der Waals surface area contributed by atoms with Crippen molar-refractivity contribution in [2.75, 3.05) is 11.9 Å². The zero-order valence-corrected chi connectivity index (χ0v) is 22.1. The molecule has 2 fully saturated rings. The van der Waals surface area contributed by atoms with Gasteiger partial charge in [-0.1, -0.05) is 0 Å². The number of amides is 1. The number of nitrogens with zero attached hydrogens (tertiary/aromatic N) is 4. The fourth-order valence-electron chi connectivity index (χ4n) is 4.99. The van der Waals surface area contributed by atoms with E-state index < -0.39 is 23.1 Å². The Labute approximate surface area is 215 Å². The summed E-state index contributed by atoms with van der Waals surface area (Å²) in [5.74, 6) is -1.30. The van der Waals surface area contributed by atoms with Crippen LogP contribution in [0.5, 0.6) is 0 Å². The maximum absolute atomic E-state index is 15.1. The van der Waals surface area contributed by atoms with Crippen LogP contribution in [0.25, 0.3) is 0 Å². The Bertz CT molecular complexity index is 1120. The molecule has 2 aliphatic heterocycles. The summed E-state index contributed by atoms with van der Waals surface area (Å²) < 4.78 is 25.8. The Morgan fingerprint density at radius 3 is 2.51 bits per heavy atom. The summed E-state index contributed by atoms with van der Waals surface area (Å²) >= 11 is 0. The van der Waals surface area contributed by atoms with Gasteiger partial charge in [0.05, 0.1) is 13.2 Å². The van der Waals surface area contributed by atoms with Crippen molar-refractivity contribution in [3.05, 3.63) is 29.1 Å². The smallest absolute Gasteiger partial charge is 0.410 e. The van der Waals surface area contributed by atoms with Crippen LogP contribution < -0.4 is 10.6 Å². The summed E-state index contributed by atoms with van der Waals surface area (Å²) in [6, 6.07) is 1.98. The second-order valence-corrected chi connectivity index (χ2v) is 10.6. The number of ether oxygens (including phenoxy) is 2. The number of esters is 1. The van der Waals surface area contributed by atoms with Crippen LogP contribution in [0.3, 0.4) is 0 Å². The van der Waals surface area contributed by atoms with Crippen LogP contribution in [-0.2, 0) is 16.0 Å². The first-order valence-electron chi connectivity index (χ1n) is 12.8. The van der Waals surface area contributed by atoms with Gasteiger partial charge in [-0.2, -0.15) is 5.10 Å². The fraction of sp³-hybridized carbons (Fsp3) is 0.640. The molecule has 2 bridgehead atoms. The minimum absolute atomic E-state index is 0.0872. The quantitative estimate of drug-likeness (QED) is 0.466. The number of nitrogens with one attached hydrogen (secondary N) is 3. The Kier molecular flexibility index (Phi) is 7.96. The molecule has 202 valence electrons. The van der Waals surface area contributed by atoms with Crippen LogP contribution in [-0.4, -0.2) is 67.5 Å². The lowest BCUT2D eigenvalue weighted by atomic mass is 9.82. The highest BCUT2D eigenvalue weighted by Gasteiger charge is 2.42. The number of carbonyl (C=O) groups is 2. The van der Waals surface area contributed by atoms with Gasteiger partial charge in [0.25, 0.3) is 0 Å². The molecule has 2 unspecified atom stereocenters. The zero-order chi connectivity index (χ0) is 26.7. The van der Waals surface area contributed by atoms with Crippen LogP contribution in [0.15, 0.2) is 6.07 Å². The molecule has 0 radical (unpaired) electrons. The number of fused-ring (bicyclic) bond motifs is 2. The van der Waals surface area contributed by atoms with E-state index in [0.717, 1.165) is 37.8 Å². The molecule has 2 aromatic rings. The number of halogens is 1. The number of anilines is 2. The van der Waals surface area contributed by atoms with E-state index in [1.165, 1.54) is 0 Å². The minimum atomic E-state index is -0.900. The first-order valence-corrected chi connectivity index (χ1v) is 12.8. The summed E-state index contributed by atoms with van der Waals surface area (Å²) in [5, 5.41) is 13.1. The Balaban J connectivity index is 1.48. The molecular formula is C25H36FN7O4. The summed E-state index contributed by atoms with van der Waals surface area (Å²) in [6.45, 7) is 9.40. The van der Waals surface area contributed by atoms with E-state index in [9.17, 15) is 9.59 Å². The maximum Gasteiger partial charge on any atom is 0.410 e. The number of H-pyrrole nitrogens is 1. The van der Waals surface area contributed by atoms with Crippen LogP contribution in [0.2, 0.25) is 0 Å². The number of hydrogen-bond donors (Lipinski definition) is 3. The normalized spacial score (nSPS) is 21.5. The lowest BCUT2D eigenvalue weighted by molar-refractivity contribution is -0.0236. The van der Waals surface area contributed by atoms with E-state index in [1.807, 2.05) is 32.6 Å². The van der Waals surface area contributed by atoms with Gasteiger partial charge in [-0.05, 0) is 66.7 Å². The predicted octanol–water partition coefficient (Wildman–Crippen LogP) is 3.98. The van der Waals surface area contributed by atoms with Crippen molar-refractivity contribution in [3.8, 4) is 0 Å². The second-order valence-electron chi connectivity index (χ2n) is 10.6. The number of aromatic amines is 1. The maximum atomic E-state index is 15.1. The molecule has 2 aliphatic rings. The van der Waals surface area contributed by atoms with Crippen molar-refractivity contribution < 1.29 is 23.5 Å². The third kappa shape index (κ3) is 6.54. The molecule has 0 aliphatic carbocycles. The Morgan fingerprint density at radius 2 is 1.92 bits per heavy atom. The van der Waals surface area contributed by atoms with E-state index >= 15 is 4.39 Å². The molecule has 4 heterocycles. The topological polar surface area (TPSA) is 134 Å². The fourth-order valence-corrected chi connectivity index (χ4v) is 4.99. The monoisotopic (exact) mass is 517 g/mol. The van der Waals surface area contributed by atoms with Gasteiger partial charge in [0.1, 0.15) is 11.4 Å². The number of aromatic nitrogens is 4. The molecule has 11 nitrogen and oxygen atoms in total. The summed E-state index contributed by atoms with van der Waals surface area (Å²) in [7, 11) is 0. The largest absolute Gasteiger partial charge is 0.461 e. The molecule has 3 N–H and O–H groups in total. The predicted molar refractivity (Wildman–Crippen MR) is 134 cm³/mol. The summed E-state index contributed by atoms with van der Waals surface area (Å²) in [5.41, 5.74) is -0.190. The Morgan fingerprint density at radius 1 is 1.22 bits per heavy atom. The van der Waals surface area contributed by atoms with Crippen molar-refractivity contribution in [3.63, 3.8) is 0 Å². The van der Waals surface area contributed by atoms with Gasteiger partial charge in [-0.25, -0.2) is 23.9 Å². The Hall–Kier alpha value is -3.28. The van der Waals surface area contributed by atoms with Gasteiger partial charge in [0, 0.05) is 29.9 Å². The summed E-state index contributed by atoms with van der Waals surface area (Å²) in [6.07, 6.45) is 4.19. The standard InChI is InChI=1S/C25H36FN7O4/c1-6-36-23(34)21-20(26)22(29-18-10-14(2)31-32-18)30-19(28-21)13-27-15-11-16-8-7-9-17(12-15)33(16)24(35)37-25(3,4)5/h10,15-17,27H,6-9,11-13H2,1-5H3,(H2,28,29,30,31,32). The number of rotatable bonds is 7. The minimum Gasteiger partial charge on any atom is -0.461 e. The highest BCUT2D eigenvalue weighted by atomic mass is 19.1. The van der Waals surface area contributed by atoms with Gasteiger partial charge in [0.2, 0.25) is 0 Å². The molecule has 2 saturated heterocycles. The lowest BCUT2D eigenvalue weighted by Gasteiger charge is -2.48. The first-order chi connectivity index (χ1) is 17.5. The van der Waals surface area contributed by atoms with Gasteiger partial charge >= 0.3 is 12.1 Å². The molecule has 0 spiro atoms. The van der Waals surface area contributed by atoms with Crippen LogP contribution in [0.4, 0.5) is 20.8 Å². The molecule has 4 rings (SSSR count). The molecule has 2 atom stereocenters. The van der Waals surface area contributed by atoms with E-state index in [0.29, 0.717) is 5.82 Å². The van der Waals surface area contributed by atoms with Gasteiger partial charge in [0.15, 0.2) is 23.1 Å². The van der Waals surface area contributed by atoms with E-state index in [-0.39, 0.29) is 49.0 Å². The van der Waals surface area contributed by atoms with Crippen molar-refractivity contribution >= 4 is 23.7 Å². The lowest BCUT2D eigenvalue weighted by Crippen LogP contribution is -2.59. The van der Waals surface area contributed by atoms with Crippen LogP contribution in [0, 0.1) is 12.7 Å². The first kappa shape index (κ1) is 26.8. The summed E-state index contributed by atoms with van der Waals surface area (Å²) in [4.78, 5) is 35.6. The molecule has 1 amide bonds. The van der Waals surface area contributed by atoms with Crippen molar-refractivity contribution in [2.45, 2.75) is 97.0 Å². The van der Waals surface area contributed by atoms with Crippen LogP contribution in [0.1, 0.15) is 81.8 Å². The highest BCUT2D eigenvalue weighted by Crippen LogP contribution is 2.35. The average Bonchev–Trinajstić information content (AvgIpc) is 3.22.